The number of rotatable bonds is 4. The van der Waals surface area contributed by atoms with E-state index in [0.29, 0.717) is 33.8 Å². The van der Waals surface area contributed by atoms with Crippen LogP contribution in [0.3, 0.4) is 0 Å². The second kappa shape index (κ2) is 5.77. The Morgan fingerprint density at radius 1 is 1.14 bits per heavy atom. The number of amides is 1. The first kappa shape index (κ1) is 13.9. The maximum absolute atomic E-state index is 12.3. The summed E-state index contributed by atoms with van der Waals surface area (Å²) >= 11 is 0. The van der Waals surface area contributed by atoms with E-state index in [9.17, 15) is 4.79 Å². The van der Waals surface area contributed by atoms with Gasteiger partial charge in [0.25, 0.3) is 5.91 Å². The van der Waals surface area contributed by atoms with E-state index in [1.165, 1.54) is 0 Å². The molecular weight excluding hydrogens is 284 g/mol. The number of carbonyl (C=O) groups excluding carboxylic acids is 1. The molecule has 0 aliphatic carbocycles. The van der Waals surface area contributed by atoms with Crippen molar-refractivity contribution in [3.05, 3.63) is 48.0 Å². The van der Waals surface area contributed by atoms with Crippen molar-refractivity contribution in [2.24, 2.45) is 0 Å². The van der Waals surface area contributed by atoms with Crippen LogP contribution in [-0.2, 0) is 0 Å². The summed E-state index contributed by atoms with van der Waals surface area (Å²) in [5.74, 6) is 1.20. The first-order valence-corrected chi connectivity index (χ1v) is 6.60. The number of carbonyl (C=O) groups is 1. The minimum atomic E-state index is -0.306. The minimum Gasteiger partial charge on any atom is -0.497 e. The predicted molar refractivity (Wildman–Crippen MR) is 81.5 cm³/mol. The van der Waals surface area contributed by atoms with E-state index in [1.807, 2.05) is 0 Å². The average molecular weight is 298 g/mol. The van der Waals surface area contributed by atoms with Crippen LogP contribution in [0.4, 0.5) is 5.82 Å². The van der Waals surface area contributed by atoms with Crippen molar-refractivity contribution in [1.29, 1.82) is 0 Å². The summed E-state index contributed by atoms with van der Waals surface area (Å²) < 4.78 is 15.6. The van der Waals surface area contributed by atoms with Gasteiger partial charge in [0.15, 0.2) is 11.4 Å². The molecule has 0 unspecified atom stereocenters. The van der Waals surface area contributed by atoms with Crippen LogP contribution in [0.25, 0.3) is 11.0 Å². The Labute approximate surface area is 126 Å². The van der Waals surface area contributed by atoms with Crippen molar-refractivity contribution >= 4 is 22.7 Å². The van der Waals surface area contributed by atoms with Crippen LogP contribution in [0, 0.1) is 0 Å². The molecule has 0 fully saturated rings. The molecule has 2 aromatic carbocycles. The van der Waals surface area contributed by atoms with Gasteiger partial charge < -0.3 is 19.3 Å². The maximum atomic E-state index is 12.3. The summed E-state index contributed by atoms with van der Waals surface area (Å²) in [6, 6.07) is 12.2. The molecule has 0 saturated carbocycles. The number of hydrogen-bond acceptors (Lipinski definition) is 5. The van der Waals surface area contributed by atoms with Gasteiger partial charge in [0.1, 0.15) is 16.9 Å². The van der Waals surface area contributed by atoms with Crippen LogP contribution in [0.5, 0.6) is 11.5 Å². The number of nitrogens with one attached hydrogen (secondary N) is 1. The first-order chi connectivity index (χ1) is 10.7. The highest BCUT2D eigenvalue weighted by atomic mass is 16.5. The van der Waals surface area contributed by atoms with Crippen molar-refractivity contribution < 1.29 is 18.8 Å². The van der Waals surface area contributed by atoms with E-state index in [1.54, 1.807) is 56.7 Å². The Balaban J connectivity index is 1.94. The lowest BCUT2D eigenvalue weighted by Crippen LogP contribution is -2.12. The molecule has 3 rings (SSSR count). The van der Waals surface area contributed by atoms with Gasteiger partial charge in [-0.2, -0.15) is 0 Å². The highest BCUT2D eigenvalue weighted by molar-refractivity contribution is 6.08. The van der Waals surface area contributed by atoms with Crippen molar-refractivity contribution in [2.45, 2.75) is 0 Å². The van der Waals surface area contributed by atoms with E-state index in [-0.39, 0.29) is 5.91 Å². The van der Waals surface area contributed by atoms with Crippen LogP contribution in [0.1, 0.15) is 10.4 Å². The highest BCUT2D eigenvalue weighted by Gasteiger charge is 2.16. The normalized spacial score (nSPS) is 10.5. The van der Waals surface area contributed by atoms with Crippen molar-refractivity contribution in [2.75, 3.05) is 19.5 Å². The van der Waals surface area contributed by atoms with Gasteiger partial charge in [-0.05, 0) is 30.3 Å². The predicted octanol–water partition coefficient (Wildman–Crippen LogP) is 3.10. The highest BCUT2D eigenvalue weighted by Crippen LogP contribution is 2.32. The number of anilines is 1. The number of nitrogens with zero attached hydrogens (tertiary/aromatic N) is 1. The van der Waals surface area contributed by atoms with Gasteiger partial charge >= 0.3 is 0 Å². The summed E-state index contributed by atoms with van der Waals surface area (Å²) in [6.45, 7) is 0. The Hall–Kier alpha value is -3.02. The van der Waals surface area contributed by atoms with Crippen molar-refractivity contribution in [3.8, 4) is 11.5 Å². The number of ether oxygens (including phenoxy) is 2. The number of aromatic nitrogens is 1. The molecule has 0 saturated heterocycles. The molecule has 1 heterocycles. The van der Waals surface area contributed by atoms with Gasteiger partial charge in [-0.3, -0.25) is 4.79 Å². The summed E-state index contributed by atoms with van der Waals surface area (Å²) in [7, 11) is 3.10. The molecule has 1 amide bonds. The molecule has 0 bridgehead atoms. The molecule has 0 radical (unpaired) electrons. The lowest BCUT2D eigenvalue weighted by Gasteiger charge is -2.05. The number of fused-ring (bicyclic) bond motifs is 1. The van der Waals surface area contributed by atoms with E-state index < -0.39 is 0 Å². The smallest absolute Gasteiger partial charge is 0.257 e. The standard InChI is InChI=1S/C16H14N2O4/c1-20-11-6-3-5-10(9-11)16(19)17-15-14-12(21-2)7-4-8-13(14)22-18-15/h3-9H,1-2H3,(H,17,18,19). The molecule has 6 heteroatoms. The topological polar surface area (TPSA) is 73.6 Å². The summed E-state index contributed by atoms with van der Waals surface area (Å²) in [6.07, 6.45) is 0. The summed E-state index contributed by atoms with van der Waals surface area (Å²) in [5.41, 5.74) is 1.01. The molecular formula is C16H14N2O4. The van der Waals surface area contributed by atoms with Gasteiger partial charge in [-0.25, -0.2) is 0 Å². The fourth-order valence-electron chi connectivity index (χ4n) is 2.16. The maximum Gasteiger partial charge on any atom is 0.257 e. The number of hydrogen-bond donors (Lipinski definition) is 1. The third-order valence-corrected chi connectivity index (χ3v) is 3.24. The van der Waals surface area contributed by atoms with Crippen LogP contribution < -0.4 is 14.8 Å². The van der Waals surface area contributed by atoms with Gasteiger partial charge in [0.05, 0.1) is 14.2 Å². The molecule has 6 nitrogen and oxygen atoms in total. The van der Waals surface area contributed by atoms with E-state index >= 15 is 0 Å². The SMILES string of the molecule is COc1cccc(C(=O)Nc2noc3cccc(OC)c23)c1. The van der Waals surface area contributed by atoms with Gasteiger partial charge in [-0.15, -0.1) is 0 Å². The fraction of sp³-hybridized carbons (Fsp3) is 0.125. The fourth-order valence-corrected chi connectivity index (χ4v) is 2.16. The zero-order valence-corrected chi connectivity index (χ0v) is 12.1. The van der Waals surface area contributed by atoms with Gasteiger partial charge in [-0.1, -0.05) is 17.3 Å². The Kier molecular flexibility index (Phi) is 3.65. The van der Waals surface area contributed by atoms with Crippen LogP contribution in [0.15, 0.2) is 47.0 Å². The monoisotopic (exact) mass is 298 g/mol. The Bertz CT molecular complexity index is 826. The van der Waals surface area contributed by atoms with Crippen LogP contribution in [0.2, 0.25) is 0 Å². The zero-order chi connectivity index (χ0) is 15.5. The van der Waals surface area contributed by atoms with E-state index in [0.717, 1.165) is 0 Å². The van der Waals surface area contributed by atoms with Crippen molar-refractivity contribution in [3.63, 3.8) is 0 Å². The number of methoxy groups -OCH3 is 2. The van der Waals surface area contributed by atoms with Crippen LogP contribution >= 0.6 is 0 Å². The second-order valence-electron chi connectivity index (χ2n) is 4.55. The second-order valence-corrected chi connectivity index (χ2v) is 4.55. The third kappa shape index (κ3) is 2.46. The molecule has 3 aromatic rings. The summed E-state index contributed by atoms with van der Waals surface area (Å²) in [4.78, 5) is 12.3. The van der Waals surface area contributed by atoms with E-state index in [4.69, 9.17) is 14.0 Å². The Morgan fingerprint density at radius 3 is 2.73 bits per heavy atom. The molecule has 112 valence electrons. The Morgan fingerprint density at radius 2 is 1.95 bits per heavy atom. The van der Waals surface area contributed by atoms with E-state index in [2.05, 4.69) is 10.5 Å². The third-order valence-electron chi connectivity index (χ3n) is 3.24. The minimum absolute atomic E-state index is 0.306. The lowest BCUT2D eigenvalue weighted by atomic mass is 10.2. The number of benzene rings is 2. The van der Waals surface area contributed by atoms with Gasteiger partial charge in [0.2, 0.25) is 0 Å². The van der Waals surface area contributed by atoms with Crippen molar-refractivity contribution in [1.82, 2.24) is 5.16 Å². The molecule has 1 aromatic heterocycles. The first-order valence-electron chi connectivity index (χ1n) is 6.60. The van der Waals surface area contributed by atoms with Gasteiger partial charge in [0, 0.05) is 5.56 Å². The molecule has 22 heavy (non-hydrogen) atoms. The summed E-state index contributed by atoms with van der Waals surface area (Å²) in [5, 5.41) is 7.25. The average Bonchev–Trinajstić information content (AvgIpc) is 2.98. The lowest BCUT2D eigenvalue weighted by molar-refractivity contribution is 0.102. The largest absolute Gasteiger partial charge is 0.497 e. The molecule has 0 aliphatic rings. The molecule has 0 atom stereocenters. The zero-order valence-electron chi connectivity index (χ0n) is 12.1. The molecule has 0 spiro atoms. The molecule has 1 N–H and O–H groups in total. The quantitative estimate of drug-likeness (QED) is 0.801. The molecule has 0 aliphatic heterocycles. The van der Waals surface area contributed by atoms with Crippen LogP contribution in [-0.4, -0.2) is 25.3 Å².